The number of nitrogens with zero attached hydrogens (tertiary/aromatic N) is 1. The molecule has 4 rings (SSSR count). The first-order chi connectivity index (χ1) is 19.1. The molecule has 5 nitrogen and oxygen atoms in total. The lowest BCUT2D eigenvalue weighted by Gasteiger charge is -2.28. The van der Waals surface area contributed by atoms with Crippen LogP contribution < -0.4 is 4.74 Å². The summed E-state index contributed by atoms with van der Waals surface area (Å²) < 4.78 is 45.4. The van der Waals surface area contributed by atoms with E-state index in [1.54, 1.807) is 24.3 Å². The first-order valence-corrected chi connectivity index (χ1v) is 15.7. The molecule has 0 unspecified atom stereocenters. The van der Waals surface area contributed by atoms with Gasteiger partial charge in [0, 0.05) is 18.9 Å². The van der Waals surface area contributed by atoms with E-state index in [-0.39, 0.29) is 35.1 Å². The van der Waals surface area contributed by atoms with Gasteiger partial charge in [0.15, 0.2) is 9.84 Å². The zero-order chi connectivity index (χ0) is 28.7. The summed E-state index contributed by atoms with van der Waals surface area (Å²) in [4.78, 5) is 15.3. The van der Waals surface area contributed by atoms with Crippen LogP contribution in [0.4, 0.5) is 4.39 Å². The van der Waals surface area contributed by atoms with E-state index in [0.717, 1.165) is 54.7 Å². The minimum Gasteiger partial charge on any atom is -0.492 e. The van der Waals surface area contributed by atoms with Gasteiger partial charge in [0.2, 0.25) is 0 Å². The molecule has 0 aliphatic heterocycles. The molecular formula is C33H40FNO4S. The molecular weight excluding hydrogens is 525 g/mol. The van der Waals surface area contributed by atoms with Crippen molar-refractivity contribution >= 4 is 15.6 Å². The van der Waals surface area contributed by atoms with Gasteiger partial charge in [-0.1, -0.05) is 43.3 Å². The molecule has 0 saturated heterocycles. The summed E-state index contributed by atoms with van der Waals surface area (Å²) in [7, 11) is 0.575. The highest BCUT2D eigenvalue weighted by atomic mass is 32.2. The Balaban J connectivity index is 1.29. The van der Waals surface area contributed by atoms with Crippen LogP contribution in [0.5, 0.6) is 5.75 Å². The summed E-state index contributed by atoms with van der Waals surface area (Å²) in [6.07, 6.45) is 3.34. The van der Waals surface area contributed by atoms with Gasteiger partial charge in [0.1, 0.15) is 24.0 Å². The predicted octanol–water partition coefficient (Wildman–Crippen LogP) is 6.78. The van der Waals surface area contributed by atoms with Gasteiger partial charge in [-0.15, -0.1) is 0 Å². The van der Waals surface area contributed by atoms with Crippen LogP contribution in [0.3, 0.4) is 0 Å². The van der Waals surface area contributed by atoms with Crippen LogP contribution in [-0.2, 0) is 14.6 Å². The summed E-state index contributed by atoms with van der Waals surface area (Å²) in [5, 5.41) is 0. The van der Waals surface area contributed by atoms with Crippen LogP contribution in [0, 0.1) is 17.7 Å². The lowest BCUT2D eigenvalue weighted by molar-refractivity contribution is -0.124. The summed E-state index contributed by atoms with van der Waals surface area (Å²) in [6.45, 7) is 3.41. The summed E-state index contributed by atoms with van der Waals surface area (Å²) >= 11 is 0. The van der Waals surface area contributed by atoms with Gasteiger partial charge >= 0.3 is 0 Å². The smallest absolute Gasteiger partial charge is 0.178 e. The number of rotatable bonds is 12. The molecule has 3 aromatic rings. The average Bonchev–Trinajstić information content (AvgIpc) is 2.93. The molecule has 7 heteroatoms. The van der Waals surface area contributed by atoms with Crippen LogP contribution in [0.25, 0.3) is 11.1 Å². The molecule has 0 N–H and O–H groups in total. The van der Waals surface area contributed by atoms with E-state index in [2.05, 4.69) is 4.90 Å². The Labute approximate surface area is 238 Å². The fourth-order valence-electron chi connectivity index (χ4n) is 5.40. The molecule has 0 bridgehead atoms. The Morgan fingerprint density at radius 3 is 2.27 bits per heavy atom. The number of carbonyl (C=O) groups excluding carboxylic acids is 1. The fourth-order valence-corrected chi connectivity index (χ4v) is 7.10. The number of sulfone groups is 1. The van der Waals surface area contributed by atoms with Gasteiger partial charge < -0.3 is 9.64 Å². The van der Waals surface area contributed by atoms with Crippen molar-refractivity contribution in [3.63, 3.8) is 0 Å². The maximum absolute atomic E-state index is 13.2. The Morgan fingerprint density at radius 1 is 0.950 bits per heavy atom. The first kappa shape index (κ1) is 29.9. The molecule has 1 aliphatic rings. The highest BCUT2D eigenvalue weighted by molar-refractivity contribution is 7.91. The minimum atomic E-state index is -3.43. The third kappa shape index (κ3) is 8.24. The number of ether oxygens (including phenoxy) is 1. The second kappa shape index (κ2) is 13.6. The monoisotopic (exact) mass is 565 g/mol. The van der Waals surface area contributed by atoms with E-state index < -0.39 is 9.84 Å². The third-order valence-corrected chi connectivity index (χ3v) is 9.79. The maximum Gasteiger partial charge on any atom is 0.178 e. The van der Waals surface area contributed by atoms with Crippen molar-refractivity contribution in [2.24, 2.45) is 11.8 Å². The summed E-state index contributed by atoms with van der Waals surface area (Å²) in [5.74, 6) is 0.901. The van der Waals surface area contributed by atoms with Crippen molar-refractivity contribution in [3.8, 4) is 16.9 Å². The Hall–Kier alpha value is -3.03. The van der Waals surface area contributed by atoms with Gasteiger partial charge in [0.05, 0.1) is 10.6 Å². The van der Waals surface area contributed by atoms with Crippen molar-refractivity contribution in [3.05, 3.63) is 84.2 Å². The lowest BCUT2D eigenvalue weighted by atomic mass is 9.78. The quantitative estimate of drug-likeness (QED) is 0.242. The number of likely N-dealkylation sites (N-methyl/N-ethyl adjacent to an activating group) is 1. The van der Waals surface area contributed by atoms with Crippen LogP contribution in [0.2, 0.25) is 0 Å². The van der Waals surface area contributed by atoms with E-state index >= 15 is 0 Å². The van der Waals surface area contributed by atoms with Crippen LogP contribution in [-0.4, -0.2) is 52.1 Å². The second-order valence-corrected chi connectivity index (χ2v) is 13.4. The van der Waals surface area contributed by atoms with E-state index in [1.165, 1.54) is 12.1 Å². The number of ketones is 1. The minimum absolute atomic E-state index is 0.0243. The molecule has 1 aliphatic carbocycles. The molecule has 0 aromatic heterocycles. The zero-order valence-corrected chi connectivity index (χ0v) is 24.5. The molecule has 0 amide bonds. The Bertz CT molecular complexity index is 1360. The first-order valence-electron chi connectivity index (χ1n) is 14.1. The topological polar surface area (TPSA) is 63.7 Å². The van der Waals surface area contributed by atoms with Crippen molar-refractivity contribution < 1.29 is 22.3 Å². The normalized spacial score (nSPS) is 18.4. The van der Waals surface area contributed by atoms with Gasteiger partial charge in [-0.2, -0.15) is 0 Å². The number of benzene rings is 3. The standard InChI is InChI=1S/C33H40FNO4S/c1-24(26-11-15-30(34)16-12-26)21-33(36)28-9-7-25(8-10-28)23-40(37,38)32-17-13-27(14-18-32)29-5-4-6-31(22-29)39-20-19-35(2)3/h4-6,11-18,22,24-25,28H,7-10,19-21,23H2,1-3H3/t24-,25?,28?/m0/s1. The number of hydrogen-bond acceptors (Lipinski definition) is 5. The predicted molar refractivity (Wildman–Crippen MR) is 158 cm³/mol. The summed E-state index contributed by atoms with van der Waals surface area (Å²) in [5.41, 5.74) is 2.87. The number of halogens is 1. The lowest BCUT2D eigenvalue weighted by Crippen LogP contribution is -2.26. The number of carbonyl (C=O) groups is 1. The van der Waals surface area contributed by atoms with Crippen molar-refractivity contribution in [1.29, 1.82) is 0 Å². The van der Waals surface area contributed by atoms with E-state index in [9.17, 15) is 17.6 Å². The van der Waals surface area contributed by atoms with Crippen LogP contribution in [0.15, 0.2) is 77.7 Å². The second-order valence-electron chi connectivity index (χ2n) is 11.3. The van der Waals surface area contributed by atoms with Gasteiger partial charge in [-0.05, 0) is 105 Å². The summed E-state index contributed by atoms with van der Waals surface area (Å²) in [6, 6.07) is 21.2. The SMILES string of the molecule is C[C@@H](CC(=O)C1CCC(CS(=O)(=O)c2ccc(-c3cccc(OCCN(C)C)c3)cc2)CC1)c1ccc(F)cc1. The molecule has 0 heterocycles. The third-order valence-electron chi connectivity index (χ3n) is 7.89. The van der Waals surface area contributed by atoms with Crippen molar-refractivity contribution in [1.82, 2.24) is 4.90 Å². The molecule has 1 saturated carbocycles. The van der Waals surface area contributed by atoms with Crippen LogP contribution >= 0.6 is 0 Å². The van der Waals surface area contributed by atoms with Gasteiger partial charge in [-0.3, -0.25) is 4.79 Å². The Morgan fingerprint density at radius 2 is 1.62 bits per heavy atom. The molecule has 40 heavy (non-hydrogen) atoms. The number of hydrogen-bond donors (Lipinski definition) is 0. The van der Waals surface area contributed by atoms with E-state index in [4.69, 9.17) is 4.74 Å². The van der Waals surface area contributed by atoms with E-state index in [0.29, 0.717) is 17.9 Å². The largest absolute Gasteiger partial charge is 0.492 e. The Kier molecular flexibility index (Phi) is 10.1. The number of Topliss-reactive ketones (excluding diaryl/α,β-unsaturated/α-hetero) is 1. The molecule has 1 atom stereocenters. The fraction of sp³-hybridized carbons (Fsp3) is 0.424. The molecule has 0 radical (unpaired) electrons. The average molecular weight is 566 g/mol. The molecule has 3 aromatic carbocycles. The van der Waals surface area contributed by atoms with Crippen molar-refractivity contribution in [2.75, 3.05) is 33.0 Å². The molecule has 1 fully saturated rings. The van der Waals surface area contributed by atoms with E-state index in [1.807, 2.05) is 57.4 Å². The highest BCUT2D eigenvalue weighted by Gasteiger charge is 2.30. The van der Waals surface area contributed by atoms with Crippen molar-refractivity contribution in [2.45, 2.75) is 49.8 Å². The highest BCUT2D eigenvalue weighted by Crippen LogP contribution is 2.34. The van der Waals surface area contributed by atoms with Crippen LogP contribution in [0.1, 0.15) is 50.5 Å². The zero-order valence-electron chi connectivity index (χ0n) is 23.7. The maximum atomic E-state index is 13.2. The van der Waals surface area contributed by atoms with Gasteiger partial charge in [0.25, 0.3) is 0 Å². The van der Waals surface area contributed by atoms with Gasteiger partial charge in [-0.25, -0.2) is 12.8 Å². The molecule has 214 valence electrons. The molecule has 0 spiro atoms.